The van der Waals surface area contributed by atoms with E-state index < -0.39 is 0 Å². The first kappa shape index (κ1) is 11.8. The molecule has 5 rings (SSSR count). The largest absolute Gasteiger partial charge is 0.390 e. The van der Waals surface area contributed by atoms with Crippen molar-refractivity contribution in [3.8, 4) is 0 Å². The van der Waals surface area contributed by atoms with Crippen molar-refractivity contribution in [2.24, 2.45) is 17.8 Å². The molecule has 4 saturated carbocycles. The topological polar surface area (TPSA) is 46.0 Å². The zero-order valence-electron chi connectivity index (χ0n) is 11.6. The molecule has 3 heteroatoms. The molecule has 4 bridgehead atoms. The summed E-state index contributed by atoms with van der Waals surface area (Å²) in [7, 11) is 0. The molecule has 4 aliphatic carbocycles. The molecular formula is C16H22N2O. The fourth-order valence-electron chi connectivity index (χ4n) is 5.34. The van der Waals surface area contributed by atoms with Gasteiger partial charge in [-0.2, -0.15) is 0 Å². The Morgan fingerprint density at radius 3 is 2.21 bits per heavy atom. The molecule has 3 nitrogen and oxygen atoms in total. The average Bonchev–Trinajstić information content (AvgIpc) is 2.36. The van der Waals surface area contributed by atoms with Crippen LogP contribution in [0, 0.1) is 24.7 Å². The first-order valence-electron chi connectivity index (χ1n) is 7.63. The normalized spacial score (nSPS) is 39.8. The van der Waals surface area contributed by atoms with Crippen molar-refractivity contribution in [3.05, 3.63) is 23.3 Å². The molecule has 1 aromatic heterocycles. The predicted molar refractivity (Wildman–Crippen MR) is 72.5 cm³/mol. The Labute approximate surface area is 114 Å². The fourth-order valence-corrected chi connectivity index (χ4v) is 5.34. The van der Waals surface area contributed by atoms with Crippen LogP contribution in [-0.4, -0.2) is 15.1 Å². The van der Waals surface area contributed by atoms with Crippen molar-refractivity contribution in [1.29, 1.82) is 0 Å². The third kappa shape index (κ3) is 1.82. The molecule has 19 heavy (non-hydrogen) atoms. The van der Waals surface area contributed by atoms with Crippen molar-refractivity contribution >= 4 is 0 Å². The third-order valence-electron chi connectivity index (χ3n) is 5.58. The summed E-state index contributed by atoms with van der Waals surface area (Å²) in [4.78, 5) is 9.43. The molecule has 0 radical (unpaired) electrons. The molecule has 0 saturated heterocycles. The number of rotatable bonds is 2. The van der Waals surface area contributed by atoms with Crippen molar-refractivity contribution in [2.75, 3.05) is 0 Å². The summed E-state index contributed by atoms with van der Waals surface area (Å²) in [5.74, 6) is 3.77. The second kappa shape index (κ2) is 4.02. The molecule has 1 aromatic rings. The highest BCUT2D eigenvalue weighted by molar-refractivity contribution is 5.21. The Balaban J connectivity index is 1.77. The maximum Gasteiger partial charge on any atom is 0.135 e. The van der Waals surface area contributed by atoms with E-state index in [1.807, 2.05) is 13.0 Å². The lowest BCUT2D eigenvalue weighted by Gasteiger charge is -2.56. The molecule has 0 spiro atoms. The molecule has 4 fully saturated rings. The number of aliphatic hydroxyl groups excluding tert-OH is 1. The Morgan fingerprint density at radius 2 is 1.68 bits per heavy atom. The van der Waals surface area contributed by atoms with E-state index in [-0.39, 0.29) is 12.0 Å². The van der Waals surface area contributed by atoms with E-state index in [0.717, 1.165) is 35.0 Å². The highest BCUT2D eigenvalue weighted by Crippen LogP contribution is 2.60. The van der Waals surface area contributed by atoms with Gasteiger partial charge in [0.25, 0.3) is 0 Å². The first-order chi connectivity index (χ1) is 9.17. The van der Waals surface area contributed by atoms with Crippen LogP contribution < -0.4 is 0 Å². The summed E-state index contributed by atoms with van der Waals surface area (Å²) < 4.78 is 0. The standard InChI is InChI=1S/C16H22N2O/c1-10-2-14(9-19)18-15(17-10)16-6-11-3-12(7-16)5-13(4-11)8-16/h2,11-13,19H,3-9H2,1H3. The van der Waals surface area contributed by atoms with Gasteiger partial charge in [-0.05, 0) is 69.3 Å². The van der Waals surface area contributed by atoms with Gasteiger partial charge in [0.15, 0.2) is 0 Å². The molecule has 1 heterocycles. The van der Waals surface area contributed by atoms with Crippen LogP contribution in [0.5, 0.6) is 0 Å². The van der Waals surface area contributed by atoms with Crippen LogP contribution in [0.25, 0.3) is 0 Å². The highest BCUT2D eigenvalue weighted by Gasteiger charge is 2.53. The average molecular weight is 258 g/mol. The van der Waals surface area contributed by atoms with Crippen LogP contribution in [0.15, 0.2) is 6.07 Å². The Bertz CT molecular complexity index is 476. The zero-order valence-corrected chi connectivity index (χ0v) is 11.6. The Hall–Kier alpha value is -0.960. The molecule has 0 atom stereocenters. The van der Waals surface area contributed by atoms with Crippen LogP contribution >= 0.6 is 0 Å². The molecule has 0 amide bonds. The fraction of sp³-hybridized carbons (Fsp3) is 0.750. The van der Waals surface area contributed by atoms with Gasteiger partial charge in [-0.1, -0.05) is 0 Å². The highest BCUT2D eigenvalue weighted by atomic mass is 16.3. The lowest BCUT2D eigenvalue weighted by molar-refractivity contribution is -0.00966. The van der Waals surface area contributed by atoms with E-state index in [4.69, 9.17) is 4.98 Å². The number of hydrogen-bond acceptors (Lipinski definition) is 3. The van der Waals surface area contributed by atoms with Crippen LogP contribution in [0.3, 0.4) is 0 Å². The first-order valence-corrected chi connectivity index (χ1v) is 7.63. The van der Waals surface area contributed by atoms with Crippen LogP contribution in [0.2, 0.25) is 0 Å². The van der Waals surface area contributed by atoms with E-state index in [1.165, 1.54) is 38.5 Å². The van der Waals surface area contributed by atoms with Crippen LogP contribution in [0.1, 0.15) is 55.7 Å². The monoisotopic (exact) mass is 258 g/mol. The van der Waals surface area contributed by atoms with Gasteiger partial charge in [-0.3, -0.25) is 0 Å². The second-order valence-corrected chi connectivity index (χ2v) is 7.18. The van der Waals surface area contributed by atoms with Crippen LogP contribution in [-0.2, 0) is 12.0 Å². The third-order valence-corrected chi connectivity index (χ3v) is 5.58. The quantitative estimate of drug-likeness (QED) is 0.887. The van der Waals surface area contributed by atoms with E-state index in [9.17, 15) is 5.11 Å². The SMILES string of the molecule is Cc1cc(CO)nc(C23CC4CC(CC(C4)C2)C3)n1. The molecule has 0 aromatic carbocycles. The van der Waals surface area contributed by atoms with Gasteiger partial charge in [0, 0.05) is 11.1 Å². The molecule has 4 aliphatic rings. The van der Waals surface area contributed by atoms with Gasteiger partial charge in [0.05, 0.1) is 12.3 Å². The summed E-state index contributed by atoms with van der Waals surface area (Å²) in [6.45, 7) is 2.05. The maximum atomic E-state index is 9.38. The molecule has 102 valence electrons. The summed E-state index contributed by atoms with van der Waals surface area (Å²) in [6, 6.07) is 1.91. The maximum absolute atomic E-state index is 9.38. The summed E-state index contributed by atoms with van der Waals surface area (Å²) >= 11 is 0. The smallest absolute Gasteiger partial charge is 0.135 e. The molecule has 0 aliphatic heterocycles. The van der Waals surface area contributed by atoms with Gasteiger partial charge in [0.2, 0.25) is 0 Å². The van der Waals surface area contributed by atoms with Gasteiger partial charge in [-0.15, -0.1) is 0 Å². The second-order valence-electron chi connectivity index (χ2n) is 7.18. The van der Waals surface area contributed by atoms with E-state index in [2.05, 4.69) is 4.98 Å². The van der Waals surface area contributed by atoms with E-state index in [0.29, 0.717) is 0 Å². The summed E-state index contributed by atoms with van der Waals surface area (Å²) in [5.41, 5.74) is 2.04. The van der Waals surface area contributed by atoms with E-state index >= 15 is 0 Å². The number of aliphatic hydroxyl groups is 1. The molecule has 1 N–H and O–H groups in total. The predicted octanol–water partition coefficient (Wildman–Crippen LogP) is 2.75. The van der Waals surface area contributed by atoms with Crippen molar-refractivity contribution in [3.63, 3.8) is 0 Å². The van der Waals surface area contributed by atoms with Crippen molar-refractivity contribution < 1.29 is 5.11 Å². The Morgan fingerprint density at radius 1 is 1.11 bits per heavy atom. The van der Waals surface area contributed by atoms with Gasteiger partial charge < -0.3 is 5.11 Å². The van der Waals surface area contributed by atoms with E-state index in [1.54, 1.807) is 0 Å². The number of hydrogen-bond donors (Lipinski definition) is 1. The number of aromatic nitrogens is 2. The summed E-state index contributed by atoms with van der Waals surface area (Å²) in [5, 5.41) is 9.38. The molecular weight excluding hydrogens is 236 g/mol. The minimum atomic E-state index is 0.0305. The van der Waals surface area contributed by atoms with Crippen molar-refractivity contribution in [1.82, 2.24) is 9.97 Å². The minimum Gasteiger partial charge on any atom is -0.390 e. The lowest BCUT2D eigenvalue weighted by atomic mass is 9.49. The molecule has 0 unspecified atom stereocenters. The van der Waals surface area contributed by atoms with Crippen molar-refractivity contribution in [2.45, 2.75) is 57.5 Å². The van der Waals surface area contributed by atoms with Crippen LogP contribution in [0.4, 0.5) is 0 Å². The van der Waals surface area contributed by atoms with Gasteiger partial charge in [-0.25, -0.2) is 9.97 Å². The van der Waals surface area contributed by atoms with Gasteiger partial charge >= 0.3 is 0 Å². The lowest BCUT2D eigenvalue weighted by Crippen LogP contribution is -2.49. The number of nitrogens with zero attached hydrogens (tertiary/aromatic N) is 2. The summed E-state index contributed by atoms with van der Waals surface area (Å²) in [6.07, 6.45) is 8.18. The Kier molecular flexibility index (Phi) is 2.50. The van der Waals surface area contributed by atoms with Gasteiger partial charge in [0.1, 0.15) is 5.82 Å². The number of aryl methyl sites for hydroxylation is 1. The minimum absolute atomic E-state index is 0.0305. The zero-order chi connectivity index (χ0) is 13.0.